The van der Waals surface area contributed by atoms with E-state index in [-0.39, 0.29) is 23.8 Å². The summed E-state index contributed by atoms with van der Waals surface area (Å²) in [4.78, 5) is 12.2. The van der Waals surface area contributed by atoms with E-state index in [9.17, 15) is 4.79 Å². The summed E-state index contributed by atoms with van der Waals surface area (Å²) in [6.45, 7) is 4.35. The van der Waals surface area contributed by atoms with Gasteiger partial charge in [-0.1, -0.05) is 67.6 Å². The first kappa shape index (κ1) is 17.2. The molecule has 2 aromatic carbocycles. The van der Waals surface area contributed by atoms with Crippen LogP contribution in [0.4, 0.5) is 0 Å². The normalized spacial score (nSPS) is 14.7. The largest absolute Gasteiger partial charge is 0.355 e. The third kappa shape index (κ3) is 5.22. The van der Waals surface area contributed by atoms with Gasteiger partial charge in [0.05, 0.1) is 0 Å². The molecule has 0 aliphatic rings. The first-order chi connectivity index (χ1) is 11.1. The molecule has 0 heterocycles. The molecule has 3 unspecified atom stereocenters. The molecule has 0 aromatic heterocycles. The fraction of sp³-hybridized carbons (Fsp3) is 0.350. The van der Waals surface area contributed by atoms with Crippen molar-refractivity contribution in [2.45, 2.75) is 32.2 Å². The van der Waals surface area contributed by atoms with Crippen molar-refractivity contribution in [1.29, 1.82) is 0 Å². The van der Waals surface area contributed by atoms with Gasteiger partial charge in [0.15, 0.2) is 0 Å². The summed E-state index contributed by atoms with van der Waals surface area (Å²) in [5, 5.41) is 3.06. The fourth-order valence-electron chi connectivity index (χ4n) is 2.56. The number of benzene rings is 2. The Labute approximate surface area is 138 Å². The van der Waals surface area contributed by atoms with Gasteiger partial charge in [-0.25, -0.2) is 0 Å². The SMILES string of the molecule is CC(N)C(C)C(=O)NCC(Cc1ccccc1)c1ccccc1. The van der Waals surface area contributed by atoms with E-state index in [0.717, 1.165) is 6.42 Å². The molecule has 0 aliphatic heterocycles. The third-order valence-electron chi connectivity index (χ3n) is 4.32. The molecule has 0 bridgehead atoms. The maximum absolute atomic E-state index is 12.2. The first-order valence-corrected chi connectivity index (χ1v) is 8.20. The molecule has 3 nitrogen and oxygen atoms in total. The summed E-state index contributed by atoms with van der Waals surface area (Å²) in [6.07, 6.45) is 0.900. The van der Waals surface area contributed by atoms with Gasteiger partial charge in [0.1, 0.15) is 0 Å². The van der Waals surface area contributed by atoms with Crippen LogP contribution in [0.3, 0.4) is 0 Å². The predicted octanol–water partition coefficient (Wildman–Crippen LogP) is 3.11. The third-order valence-corrected chi connectivity index (χ3v) is 4.32. The number of rotatable bonds is 7. The molecule has 122 valence electrons. The Kier molecular flexibility index (Phi) is 6.36. The lowest BCUT2D eigenvalue weighted by Crippen LogP contribution is -2.40. The molecule has 2 aromatic rings. The minimum Gasteiger partial charge on any atom is -0.355 e. The molecule has 3 heteroatoms. The summed E-state index contributed by atoms with van der Waals surface area (Å²) in [5.74, 6) is 0.0972. The average molecular weight is 310 g/mol. The number of hydrogen-bond donors (Lipinski definition) is 2. The molecule has 0 radical (unpaired) electrons. The number of carbonyl (C=O) groups is 1. The summed E-state index contributed by atoms with van der Waals surface area (Å²) >= 11 is 0. The summed E-state index contributed by atoms with van der Waals surface area (Å²) < 4.78 is 0. The quantitative estimate of drug-likeness (QED) is 0.825. The van der Waals surface area contributed by atoms with Crippen LogP contribution in [0.15, 0.2) is 60.7 Å². The van der Waals surface area contributed by atoms with E-state index in [0.29, 0.717) is 6.54 Å². The van der Waals surface area contributed by atoms with E-state index in [2.05, 4.69) is 29.6 Å². The summed E-state index contributed by atoms with van der Waals surface area (Å²) in [6, 6.07) is 20.6. The van der Waals surface area contributed by atoms with Crippen molar-refractivity contribution in [3.05, 3.63) is 71.8 Å². The van der Waals surface area contributed by atoms with E-state index in [1.165, 1.54) is 11.1 Å². The van der Waals surface area contributed by atoms with Gasteiger partial charge in [0.2, 0.25) is 5.91 Å². The van der Waals surface area contributed by atoms with Crippen LogP contribution >= 0.6 is 0 Å². The maximum Gasteiger partial charge on any atom is 0.224 e. The molecule has 0 spiro atoms. The van der Waals surface area contributed by atoms with Crippen LogP contribution in [0.5, 0.6) is 0 Å². The smallest absolute Gasteiger partial charge is 0.224 e. The van der Waals surface area contributed by atoms with Gasteiger partial charge in [0.25, 0.3) is 0 Å². The van der Waals surface area contributed by atoms with Gasteiger partial charge in [0, 0.05) is 24.4 Å². The van der Waals surface area contributed by atoms with E-state index < -0.39 is 0 Å². The Bertz CT molecular complexity index is 596. The van der Waals surface area contributed by atoms with Crippen LogP contribution < -0.4 is 11.1 Å². The van der Waals surface area contributed by atoms with E-state index in [1.807, 2.05) is 50.2 Å². The van der Waals surface area contributed by atoms with Crippen molar-refractivity contribution in [2.75, 3.05) is 6.54 Å². The molecule has 3 atom stereocenters. The highest BCUT2D eigenvalue weighted by molar-refractivity contribution is 5.79. The molecule has 3 N–H and O–H groups in total. The lowest BCUT2D eigenvalue weighted by atomic mass is 9.91. The lowest BCUT2D eigenvalue weighted by Gasteiger charge is -2.21. The topological polar surface area (TPSA) is 55.1 Å². The van der Waals surface area contributed by atoms with E-state index in [1.54, 1.807) is 0 Å². The second-order valence-corrected chi connectivity index (χ2v) is 6.19. The Morgan fingerprint density at radius 3 is 2.13 bits per heavy atom. The number of amides is 1. The van der Waals surface area contributed by atoms with Gasteiger partial charge >= 0.3 is 0 Å². The monoisotopic (exact) mass is 310 g/mol. The summed E-state index contributed by atoms with van der Waals surface area (Å²) in [7, 11) is 0. The maximum atomic E-state index is 12.2. The van der Waals surface area contributed by atoms with Crippen molar-refractivity contribution in [3.8, 4) is 0 Å². The molecule has 0 saturated heterocycles. The minimum absolute atomic E-state index is 0.0222. The Morgan fingerprint density at radius 1 is 1.00 bits per heavy atom. The zero-order chi connectivity index (χ0) is 16.7. The van der Waals surface area contributed by atoms with Crippen LogP contribution in [-0.2, 0) is 11.2 Å². The Hall–Kier alpha value is -2.13. The van der Waals surface area contributed by atoms with Gasteiger partial charge in [-0.2, -0.15) is 0 Å². The van der Waals surface area contributed by atoms with Crippen LogP contribution in [0.25, 0.3) is 0 Å². The Morgan fingerprint density at radius 2 is 1.57 bits per heavy atom. The van der Waals surface area contributed by atoms with Crippen LogP contribution in [0, 0.1) is 5.92 Å². The highest BCUT2D eigenvalue weighted by Gasteiger charge is 2.19. The number of nitrogens with two attached hydrogens (primary N) is 1. The highest BCUT2D eigenvalue weighted by Crippen LogP contribution is 2.20. The van der Waals surface area contributed by atoms with Gasteiger partial charge in [-0.3, -0.25) is 4.79 Å². The number of nitrogens with one attached hydrogen (secondary N) is 1. The summed E-state index contributed by atoms with van der Waals surface area (Å²) in [5.41, 5.74) is 8.33. The average Bonchev–Trinajstić information content (AvgIpc) is 2.59. The van der Waals surface area contributed by atoms with Crippen LogP contribution in [0.2, 0.25) is 0 Å². The molecular formula is C20H26N2O. The Balaban J connectivity index is 2.07. The van der Waals surface area contributed by atoms with Gasteiger partial charge in [-0.05, 0) is 24.5 Å². The minimum atomic E-state index is -0.178. The molecular weight excluding hydrogens is 284 g/mol. The molecule has 0 fully saturated rings. The lowest BCUT2D eigenvalue weighted by molar-refractivity contribution is -0.125. The zero-order valence-electron chi connectivity index (χ0n) is 13.9. The first-order valence-electron chi connectivity index (χ1n) is 8.20. The van der Waals surface area contributed by atoms with Gasteiger partial charge < -0.3 is 11.1 Å². The second-order valence-electron chi connectivity index (χ2n) is 6.19. The van der Waals surface area contributed by atoms with E-state index >= 15 is 0 Å². The zero-order valence-corrected chi connectivity index (χ0v) is 13.9. The fourth-order valence-corrected chi connectivity index (χ4v) is 2.56. The van der Waals surface area contributed by atoms with Crippen LogP contribution in [-0.4, -0.2) is 18.5 Å². The molecule has 1 amide bonds. The molecule has 0 aliphatic carbocycles. The van der Waals surface area contributed by atoms with Crippen molar-refractivity contribution < 1.29 is 4.79 Å². The standard InChI is InChI=1S/C20H26N2O/c1-15(16(2)21)20(23)22-14-19(18-11-7-4-8-12-18)13-17-9-5-3-6-10-17/h3-12,15-16,19H,13-14,21H2,1-2H3,(H,22,23). The molecule has 2 rings (SSSR count). The highest BCUT2D eigenvalue weighted by atomic mass is 16.1. The second kappa shape index (κ2) is 8.49. The number of hydrogen-bond acceptors (Lipinski definition) is 2. The predicted molar refractivity (Wildman–Crippen MR) is 95.2 cm³/mol. The molecule has 0 saturated carbocycles. The van der Waals surface area contributed by atoms with Gasteiger partial charge in [-0.15, -0.1) is 0 Å². The molecule has 23 heavy (non-hydrogen) atoms. The van der Waals surface area contributed by atoms with Crippen molar-refractivity contribution in [1.82, 2.24) is 5.32 Å². The van der Waals surface area contributed by atoms with Crippen LogP contribution in [0.1, 0.15) is 30.9 Å². The van der Waals surface area contributed by atoms with Crippen molar-refractivity contribution in [3.63, 3.8) is 0 Å². The van der Waals surface area contributed by atoms with E-state index in [4.69, 9.17) is 5.73 Å². The van der Waals surface area contributed by atoms with Crippen molar-refractivity contribution in [2.24, 2.45) is 11.7 Å². The number of carbonyl (C=O) groups excluding carboxylic acids is 1. The van der Waals surface area contributed by atoms with Crippen molar-refractivity contribution >= 4 is 5.91 Å².